The van der Waals surface area contributed by atoms with E-state index in [2.05, 4.69) is 17.1 Å². The van der Waals surface area contributed by atoms with Gasteiger partial charge in [-0.3, -0.25) is 0 Å². The van der Waals surface area contributed by atoms with Crippen molar-refractivity contribution < 1.29 is 9.47 Å². The van der Waals surface area contributed by atoms with Gasteiger partial charge in [-0.2, -0.15) is 0 Å². The average Bonchev–Trinajstić information content (AvgIpc) is 2.36. The number of nitrogens with zero attached hydrogens (tertiary/aromatic N) is 1. The predicted octanol–water partition coefficient (Wildman–Crippen LogP) is 1.75. The zero-order valence-corrected chi connectivity index (χ0v) is 11.8. The third-order valence-electron chi connectivity index (χ3n) is 2.63. The van der Waals surface area contributed by atoms with Gasteiger partial charge in [-0.15, -0.1) is 0 Å². The highest BCUT2D eigenvalue weighted by Gasteiger charge is 2.05. The lowest BCUT2D eigenvalue weighted by Crippen LogP contribution is -2.20. The van der Waals surface area contributed by atoms with Crippen LogP contribution in [0.3, 0.4) is 0 Å². The van der Waals surface area contributed by atoms with E-state index in [-0.39, 0.29) is 0 Å². The number of ether oxygens (including phenoxy) is 2. The molecule has 0 aliphatic rings. The van der Waals surface area contributed by atoms with Crippen molar-refractivity contribution in [3.8, 4) is 11.5 Å². The molecule has 1 aromatic carbocycles. The molecule has 0 fully saturated rings. The predicted molar refractivity (Wildman–Crippen MR) is 74.4 cm³/mol. The number of benzene rings is 1. The molecule has 0 saturated carbocycles. The Kier molecular flexibility index (Phi) is 6.54. The van der Waals surface area contributed by atoms with Gasteiger partial charge in [0.2, 0.25) is 0 Å². The molecule has 0 aliphatic carbocycles. The van der Waals surface area contributed by atoms with E-state index in [0.717, 1.165) is 36.7 Å². The van der Waals surface area contributed by atoms with Crippen molar-refractivity contribution in [2.24, 2.45) is 0 Å². The van der Waals surface area contributed by atoms with Crippen LogP contribution in [-0.4, -0.2) is 45.8 Å². The molecule has 0 bridgehead atoms. The molecule has 1 rings (SSSR count). The van der Waals surface area contributed by atoms with Crippen LogP contribution < -0.4 is 14.8 Å². The van der Waals surface area contributed by atoms with Gasteiger partial charge in [0, 0.05) is 18.7 Å². The Bertz CT molecular complexity index is 354. The summed E-state index contributed by atoms with van der Waals surface area (Å²) in [6.45, 7) is 5.43. The Balaban J connectivity index is 2.68. The molecule has 0 aromatic heterocycles. The Morgan fingerprint density at radius 2 is 2.06 bits per heavy atom. The van der Waals surface area contributed by atoms with Crippen molar-refractivity contribution >= 4 is 0 Å². The molecular weight excluding hydrogens is 228 g/mol. The molecule has 4 heteroatoms. The highest BCUT2D eigenvalue weighted by molar-refractivity contribution is 5.40. The van der Waals surface area contributed by atoms with Gasteiger partial charge >= 0.3 is 0 Å². The summed E-state index contributed by atoms with van der Waals surface area (Å²) in [4.78, 5) is 2.10. The number of methoxy groups -OCH3 is 1. The SMILES string of the molecule is CCNCc1cc(OC)ccc1OCCN(C)C. The first kappa shape index (κ1) is 14.8. The van der Waals surface area contributed by atoms with Crippen molar-refractivity contribution in [2.45, 2.75) is 13.5 Å². The average molecular weight is 252 g/mol. The molecule has 0 radical (unpaired) electrons. The standard InChI is InChI=1S/C14H24N2O2/c1-5-15-11-12-10-13(17-4)6-7-14(12)18-9-8-16(2)3/h6-7,10,15H,5,8-9,11H2,1-4H3. The maximum absolute atomic E-state index is 5.81. The lowest BCUT2D eigenvalue weighted by atomic mass is 10.2. The Morgan fingerprint density at radius 1 is 1.28 bits per heavy atom. The van der Waals surface area contributed by atoms with E-state index in [1.54, 1.807) is 7.11 Å². The molecule has 0 heterocycles. The normalized spacial score (nSPS) is 10.7. The van der Waals surface area contributed by atoms with Crippen LogP contribution >= 0.6 is 0 Å². The zero-order valence-electron chi connectivity index (χ0n) is 11.8. The minimum absolute atomic E-state index is 0.693. The molecule has 1 N–H and O–H groups in total. The smallest absolute Gasteiger partial charge is 0.124 e. The summed E-state index contributed by atoms with van der Waals surface area (Å²) in [6, 6.07) is 5.93. The molecule has 0 unspecified atom stereocenters. The topological polar surface area (TPSA) is 33.7 Å². The monoisotopic (exact) mass is 252 g/mol. The van der Waals surface area contributed by atoms with Crippen LogP contribution in [0.25, 0.3) is 0 Å². The molecule has 102 valence electrons. The highest BCUT2D eigenvalue weighted by Crippen LogP contribution is 2.24. The number of likely N-dealkylation sites (N-methyl/N-ethyl adjacent to an activating group) is 1. The van der Waals surface area contributed by atoms with Gasteiger partial charge in [0.1, 0.15) is 18.1 Å². The van der Waals surface area contributed by atoms with Gasteiger partial charge in [0.15, 0.2) is 0 Å². The lowest BCUT2D eigenvalue weighted by molar-refractivity contribution is 0.259. The number of rotatable bonds is 8. The van der Waals surface area contributed by atoms with E-state index in [9.17, 15) is 0 Å². The molecule has 18 heavy (non-hydrogen) atoms. The molecule has 0 atom stereocenters. The molecule has 0 saturated heterocycles. The van der Waals surface area contributed by atoms with Crippen LogP contribution in [0.1, 0.15) is 12.5 Å². The molecule has 0 amide bonds. The van der Waals surface area contributed by atoms with Crippen LogP contribution in [-0.2, 0) is 6.54 Å². The summed E-state index contributed by atoms with van der Waals surface area (Å²) in [5.74, 6) is 1.79. The first-order chi connectivity index (χ1) is 8.67. The van der Waals surface area contributed by atoms with Crippen LogP contribution in [0.4, 0.5) is 0 Å². The largest absolute Gasteiger partial charge is 0.497 e. The summed E-state index contributed by atoms with van der Waals surface area (Å²) in [5.41, 5.74) is 1.13. The second kappa shape index (κ2) is 7.95. The second-order valence-corrected chi connectivity index (χ2v) is 4.41. The van der Waals surface area contributed by atoms with E-state index >= 15 is 0 Å². The minimum Gasteiger partial charge on any atom is -0.497 e. The second-order valence-electron chi connectivity index (χ2n) is 4.41. The quantitative estimate of drug-likeness (QED) is 0.764. The Hall–Kier alpha value is -1.26. The number of nitrogens with one attached hydrogen (secondary N) is 1. The van der Waals surface area contributed by atoms with Crippen LogP contribution in [0, 0.1) is 0 Å². The summed E-state index contributed by atoms with van der Waals surface area (Å²) in [6.07, 6.45) is 0. The van der Waals surface area contributed by atoms with Crippen molar-refractivity contribution in [1.82, 2.24) is 10.2 Å². The highest BCUT2D eigenvalue weighted by atomic mass is 16.5. The summed E-state index contributed by atoms with van der Waals surface area (Å²) >= 11 is 0. The Labute approximate surface area is 110 Å². The van der Waals surface area contributed by atoms with Gasteiger partial charge < -0.3 is 19.7 Å². The molecule has 1 aromatic rings. The number of hydrogen-bond acceptors (Lipinski definition) is 4. The summed E-state index contributed by atoms with van der Waals surface area (Å²) in [7, 11) is 5.76. The fraction of sp³-hybridized carbons (Fsp3) is 0.571. The van der Waals surface area contributed by atoms with Crippen LogP contribution in [0.5, 0.6) is 11.5 Å². The van der Waals surface area contributed by atoms with E-state index in [4.69, 9.17) is 9.47 Å². The van der Waals surface area contributed by atoms with Crippen LogP contribution in [0.15, 0.2) is 18.2 Å². The first-order valence-electron chi connectivity index (χ1n) is 6.32. The Morgan fingerprint density at radius 3 is 2.67 bits per heavy atom. The zero-order chi connectivity index (χ0) is 13.4. The van der Waals surface area contributed by atoms with Gasteiger partial charge in [0.25, 0.3) is 0 Å². The van der Waals surface area contributed by atoms with E-state index < -0.39 is 0 Å². The van der Waals surface area contributed by atoms with Crippen molar-refractivity contribution in [1.29, 1.82) is 0 Å². The molecule has 0 aliphatic heterocycles. The van der Waals surface area contributed by atoms with Gasteiger partial charge in [0.05, 0.1) is 7.11 Å². The first-order valence-corrected chi connectivity index (χ1v) is 6.32. The van der Waals surface area contributed by atoms with Gasteiger partial charge in [-0.25, -0.2) is 0 Å². The molecule has 0 spiro atoms. The van der Waals surface area contributed by atoms with Crippen molar-refractivity contribution in [3.05, 3.63) is 23.8 Å². The third-order valence-corrected chi connectivity index (χ3v) is 2.63. The maximum Gasteiger partial charge on any atom is 0.124 e. The summed E-state index contributed by atoms with van der Waals surface area (Å²) in [5, 5.41) is 3.31. The minimum atomic E-state index is 0.693. The third kappa shape index (κ3) is 4.94. The lowest BCUT2D eigenvalue weighted by Gasteiger charge is -2.15. The van der Waals surface area contributed by atoms with Crippen molar-refractivity contribution in [2.75, 3.05) is 40.9 Å². The molecule has 4 nitrogen and oxygen atoms in total. The van der Waals surface area contributed by atoms with Crippen LogP contribution in [0.2, 0.25) is 0 Å². The van der Waals surface area contributed by atoms with Gasteiger partial charge in [-0.1, -0.05) is 6.92 Å². The van der Waals surface area contributed by atoms with E-state index in [0.29, 0.717) is 6.61 Å². The summed E-state index contributed by atoms with van der Waals surface area (Å²) < 4.78 is 11.0. The van der Waals surface area contributed by atoms with Gasteiger partial charge in [-0.05, 0) is 38.8 Å². The van der Waals surface area contributed by atoms with E-state index in [1.165, 1.54) is 0 Å². The van der Waals surface area contributed by atoms with Crippen molar-refractivity contribution in [3.63, 3.8) is 0 Å². The van der Waals surface area contributed by atoms with E-state index in [1.807, 2.05) is 32.3 Å². The number of hydrogen-bond donors (Lipinski definition) is 1. The fourth-order valence-corrected chi connectivity index (χ4v) is 1.56. The molecular formula is C14H24N2O2. The fourth-order valence-electron chi connectivity index (χ4n) is 1.56. The maximum atomic E-state index is 5.81.